The molecule has 0 amide bonds. The molecule has 1 saturated carbocycles. The highest BCUT2D eigenvalue weighted by molar-refractivity contribution is 5.40. The first-order chi connectivity index (χ1) is 9.35. The minimum atomic E-state index is 0.859. The number of anilines is 1. The first kappa shape index (κ1) is 13.0. The zero-order valence-corrected chi connectivity index (χ0v) is 12.1. The molecule has 2 aliphatic carbocycles. The van der Waals surface area contributed by atoms with E-state index in [-0.39, 0.29) is 0 Å². The van der Waals surface area contributed by atoms with Gasteiger partial charge in [-0.15, -0.1) is 0 Å². The van der Waals surface area contributed by atoms with Gasteiger partial charge >= 0.3 is 0 Å². The van der Waals surface area contributed by atoms with E-state index >= 15 is 0 Å². The van der Waals surface area contributed by atoms with Crippen LogP contribution in [0.3, 0.4) is 0 Å². The highest BCUT2D eigenvalue weighted by Gasteiger charge is 2.20. The summed E-state index contributed by atoms with van der Waals surface area (Å²) >= 11 is 0. The molecule has 2 heteroatoms. The minimum Gasteiger partial charge on any atom is -0.370 e. The largest absolute Gasteiger partial charge is 0.370 e. The first-order valence-electron chi connectivity index (χ1n) is 8.08. The maximum Gasteiger partial charge on any atom is 0.126 e. The number of aromatic nitrogens is 1. The van der Waals surface area contributed by atoms with Gasteiger partial charge in [-0.1, -0.05) is 32.3 Å². The molecule has 1 fully saturated rings. The molecular formula is C17H26N2. The smallest absolute Gasteiger partial charge is 0.126 e. The zero-order valence-electron chi connectivity index (χ0n) is 12.1. The summed E-state index contributed by atoms with van der Waals surface area (Å²) in [5, 5.41) is 3.57. The van der Waals surface area contributed by atoms with Gasteiger partial charge in [-0.3, -0.25) is 0 Å². The summed E-state index contributed by atoms with van der Waals surface area (Å²) in [4.78, 5) is 4.76. The second-order valence-electron chi connectivity index (χ2n) is 6.33. The van der Waals surface area contributed by atoms with E-state index in [0.717, 1.165) is 24.2 Å². The number of pyridine rings is 1. The van der Waals surface area contributed by atoms with Gasteiger partial charge in [0.15, 0.2) is 0 Å². The fourth-order valence-electron chi connectivity index (χ4n) is 3.61. The maximum absolute atomic E-state index is 4.76. The Morgan fingerprint density at radius 1 is 1.11 bits per heavy atom. The van der Waals surface area contributed by atoms with Crippen molar-refractivity contribution < 1.29 is 0 Å². The highest BCUT2D eigenvalue weighted by atomic mass is 15.0. The molecule has 0 bridgehead atoms. The molecule has 19 heavy (non-hydrogen) atoms. The molecule has 1 aromatic rings. The lowest BCUT2D eigenvalue weighted by Crippen LogP contribution is -2.21. The van der Waals surface area contributed by atoms with Crippen molar-refractivity contribution in [2.45, 2.75) is 58.3 Å². The predicted octanol–water partition coefficient (Wildman–Crippen LogP) is 4.20. The van der Waals surface area contributed by atoms with Crippen LogP contribution in [0.15, 0.2) is 12.1 Å². The predicted molar refractivity (Wildman–Crippen MR) is 80.5 cm³/mol. The molecule has 1 aromatic heterocycles. The van der Waals surface area contributed by atoms with Crippen molar-refractivity contribution in [1.82, 2.24) is 4.98 Å². The molecule has 0 atom stereocenters. The van der Waals surface area contributed by atoms with Crippen molar-refractivity contribution in [3.05, 3.63) is 23.4 Å². The van der Waals surface area contributed by atoms with Crippen molar-refractivity contribution in [1.29, 1.82) is 0 Å². The van der Waals surface area contributed by atoms with Gasteiger partial charge in [0.05, 0.1) is 0 Å². The molecule has 2 nitrogen and oxygen atoms in total. The van der Waals surface area contributed by atoms with Crippen molar-refractivity contribution in [2.75, 3.05) is 11.9 Å². The monoisotopic (exact) mass is 258 g/mol. The number of nitrogens with one attached hydrogen (secondary N) is 1. The van der Waals surface area contributed by atoms with E-state index in [0.29, 0.717) is 0 Å². The number of fused-ring (bicyclic) bond motifs is 1. The topological polar surface area (TPSA) is 24.9 Å². The summed E-state index contributed by atoms with van der Waals surface area (Å²) in [5.41, 5.74) is 2.80. The van der Waals surface area contributed by atoms with Gasteiger partial charge in [0.2, 0.25) is 0 Å². The van der Waals surface area contributed by atoms with E-state index in [4.69, 9.17) is 4.98 Å². The fourth-order valence-corrected chi connectivity index (χ4v) is 3.61. The molecule has 2 aliphatic rings. The van der Waals surface area contributed by atoms with Crippen molar-refractivity contribution in [2.24, 2.45) is 11.8 Å². The third-order valence-electron chi connectivity index (χ3n) is 5.04. The molecule has 0 unspecified atom stereocenters. The van der Waals surface area contributed by atoms with Crippen LogP contribution in [0.5, 0.6) is 0 Å². The summed E-state index contributed by atoms with van der Waals surface area (Å²) in [5.74, 6) is 2.95. The van der Waals surface area contributed by atoms with Crippen LogP contribution in [-0.2, 0) is 12.8 Å². The van der Waals surface area contributed by atoms with Crippen molar-refractivity contribution in [3.8, 4) is 0 Å². The Labute approximate surface area is 117 Å². The Kier molecular flexibility index (Phi) is 4.05. The number of hydrogen-bond acceptors (Lipinski definition) is 2. The number of rotatable bonds is 4. The van der Waals surface area contributed by atoms with Crippen LogP contribution < -0.4 is 5.32 Å². The number of hydrogen-bond donors (Lipinski definition) is 1. The number of aryl methyl sites for hydroxylation is 2. The van der Waals surface area contributed by atoms with Crippen LogP contribution in [0, 0.1) is 11.8 Å². The molecular weight excluding hydrogens is 232 g/mol. The SMILES string of the molecule is CCC1CCC(CNc2ccc3c(n2)CCC3)CC1. The minimum absolute atomic E-state index is 0.859. The molecule has 0 aromatic carbocycles. The average Bonchev–Trinajstić information content (AvgIpc) is 2.93. The Morgan fingerprint density at radius 3 is 2.68 bits per heavy atom. The Bertz CT molecular complexity index is 419. The second-order valence-corrected chi connectivity index (χ2v) is 6.33. The van der Waals surface area contributed by atoms with E-state index in [9.17, 15) is 0 Å². The molecule has 0 aliphatic heterocycles. The summed E-state index contributed by atoms with van der Waals surface area (Å²) in [6.07, 6.45) is 10.7. The normalized spacial score (nSPS) is 26.2. The Morgan fingerprint density at radius 2 is 1.89 bits per heavy atom. The van der Waals surface area contributed by atoms with Crippen molar-refractivity contribution in [3.63, 3.8) is 0 Å². The van der Waals surface area contributed by atoms with Gasteiger partial charge in [0, 0.05) is 12.2 Å². The van der Waals surface area contributed by atoms with Gasteiger partial charge in [-0.05, 0) is 55.6 Å². The maximum atomic E-state index is 4.76. The van der Waals surface area contributed by atoms with Gasteiger partial charge in [0.1, 0.15) is 5.82 Å². The molecule has 0 radical (unpaired) electrons. The third kappa shape index (κ3) is 3.10. The summed E-state index contributed by atoms with van der Waals surface area (Å²) in [6, 6.07) is 4.44. The van der Waals surface area contributed by atoms with E-state index in [1.54, 1.807) is 0 Å². The van der Waals surface area contributed by atoms with Crippen LogP contribution in [0.4, 0.5) is 5.82 Å². The Balaban J connectivity index is 1.50. The lowest BCUT2D eigenvalue weighted by Gasteiger charge is -2.28. The summed E-state index contributed by atoms with van der Waals surface area (Å²) in [7, 11) is 0. The van der Waals surface area contributed by atoms with Crippen LogP contribution in [0.25, 0.3) is 0 Å². The van der Waals surface area contributed by atoms with E-state index in [1.165, 1.54) is 62.6 Å². The Hall–Kier alpha value is -1.05. The van der Waals surface area contributed by atoms with Crippen LogP contribution in [0.2, 0.25) is 0 Å². The fraction of sp³-hybridized carbons (Fsp3) is 0.706. The standard InChI is InChI=1S/C17H26N2/c1-2-13-6-8-14(9-7-13)12-18-17-11-10-15-4-3-5-16(15)19-17/h10-11,13-14H,2-9,12H2,1H3,(H,18,19). The average molecular weight is 258 g/mol. The lowest BCUT2D eigenvalue weighted by molar-refractivity contribution is 0.278. The van der Waals surface area contributed by atoms with Crippen LogP contribution in [-0.4, -0.2) is 11.5 Å². The van der Waals surface area contributed by atoms with Gasteiger partial charge in [0.25, 0.3) is 0 Å². The van der Waals surface area contributed by atoms with E-state index < -0.39 is 0 Å². The van der Waals surface area contributed by atoms with Crippen LogP contribution >= 0.6 is 0 Å². The molecule has 0 spiro atoms. The first-order valence-corrected chi connectivity index (χ1v) is 8.08. The summed E-state index contributed by atoms with van der Waals surface area (Å²) < 4.78 is 0. The quantitative estimate of drug-likeness (QED) is 0.875. The van der Waals surface area contributed by atoms with Gasteiger partial charge in [-0.2, -0.15) is 0 Å². The molecule has 1 heterocycles. The van der Waals surface area contributed by atoms with Crippen LogP contribution in [0.1, 0.15) is 56.7 Å². The van der Waals surface area contributed by atoms with Crippen molar-refractivity contribution >= 4 is 5.82 Å². The summed E-state index contributed by atoms with van der Waals surface area (Å²) in [6.45, 7) is 3.44. The lowest BCUT2D eigenvalue weighted by atomic mass is 9.81. The highest BCUT2D eigenvalue weighted by Crippen LogP contribution is 2.30. The molecule has 0 saturated heterocycles. The van der Waals surface area contributed by atoms with Gasteiger partial charge < -0.3 is 5.32 Å². The van der Waals surface area contributed by atoms with E-state index in [2.05, 4.69) is 24.4 Å². The van der Waals surface area contributed by atoms with Gasteiger partial charge in [-0.25, -0.2) is 4.98 Å². The molecule has 104 valence electrons. The molecule has 3 rings (SSSR count). The second kappa shape index (κ2) is 5.94. The van der Waals surface area contributed by atoms with E-state index in [1.807, 2.05) is 0 Å². The number of nitrogens with zero attached hydrogens (tertiary/aromatic N) is 1. The third-order valence-corrected chi connectivity index (χ3v) is 5.04. The molecule has 1 N–H and O–H groups in total. The zero-order chi connectivity index (χ0) is 13.1.